The highest BCUT2D eigenvalue weighted by Crippen LogP contribution is 2.15. The zero-order valence-corrected chi connectivity index (χ0v) is 15.7. The summed E-state index contributed by atoms with van der Waals surface area (Å²) in [7, 11) is 0. The Hall–Kier alpha value is -1.64. The van der Waals surface area contributed by atoms with Crippen LogP contribution in [-0.4, -0.2) is 79.0 Å². The quantitative estimate of drug-likeness (QED) is 0.451. The van der Waals surface area contributed by atoms with Crippen molar-refractivity contribution in [3.63, 3.8) is 0 Å². The fraction of sp³-hybridized carbons (Fsp3) is 0.778. The molecule has 2 heterocycles. The predicted molar refractivity (Wildman–Crippen MR) is 98.8 cm³/mol. The molecule has 1 saturated heterocycles. The van der Waals surface area contributed by atoms with Crippen molar-refractivity contribution in [1.82, 2.24) is 20.9 Å². The number of hydrogen-bond donors (Lipinski definition) is 4. The number of aliphatic hydroxyl groups excluding tert-OH is 1. The van der Waals surface area contributed by atoms with E-state index in [-0.39, 0.29) is 31.0 Å². The van der Waals surface area contributed by atoms with E-state index < -0.39 is 18.2 Å². The van der Waals surface area contributed by atoms with E-state index in [9.17, 15) is 14.7 Å². The van der Waals surface area contributed by atoms with Crippen LogP contribution in [0.25, 0.3) is 0 Å². The lowest BCUT2D eigenvalue weighted by Crippen LogP contribution is -2.52. The molecule has 0 aliphatic carbocycles. The van der Waals surface area contributed by atoms with Crippen LogP contribution in [0.4, 0.5) is 4.79 Å². The summed E-state index contributed by atoms with van der Waals surface area (Å²) in [6, 6.07) is -0.712. The molecule has 2 aliphatic rings. The molecule has 0 spiro atoms. The van der Waals surface area contributed by atoms with E-state index in [0.717, 1.165) is 19.6 Å². The van der Waals surface area contributed by atoms with Gasteiger partial charge in [0.25, 0.3) is 0 Å². The average Bonchev–Trinajstić information content (AvgIpc) is 3.08. The second kappa shape index (κ2) is 10.5. The molecule has 0 aromatic heterocycles. The lowest BCUT2D eigenvalue weighted by Gasteiger charge is -2.31. The van der Waals surface area contributed by atoms with Gasteiger partial charge in [0.2, 0.25) is 5.91 Å². The number of nitrogens with zero attached hydrogens (tertiary/aromatic N) is 1. The minimum atomic E-state index is -0.569. The Morgan fingerprint density at radius 2 is 2.00 bits per heavy atom. The minimum absolute atomic E-state index is 0.0214. The van der Waals surface area contributed by atoms with Crippen LogP contribution in [0.5, 0.6) is 0 Å². The van der Waals surface area contributed by atoms with Gasteiger partial charge in [-0.2, -0.15) is 0 Å². The summed E-state index contributed by atoms with van der Waals surface area (Å²) in [4.78, 5) is 26.2. The molecule has 148 valence electrons. The topological polar surface area (TPSA) is 103 Å². The summed E-state index contributed by atoms with van der Waals surface area (Å²) < 4.78 is 5.75. The maximum atomic E-state index is 12.1. The Kier molecular flexibility index (Phi) is 8.34. The van der Waals surface area contributed by atoms with Gasteiger partial charge in [-0.1, -0.05) is 12.2 Å². The third-order valence-corrected chi connectivity index (χ3v) is 4.52. The average molecular weight is 368 g/mol. The molecule has 4 N–H and O–H groups in total. The fourth-order valence-electron chi connectivity index (χ4n) is 3.21. The Morgan fingerprint density at radius 1 is 1.27 bits per heavy atom. The highest BCUT2D eigenvalue weighted by Gasteiger charge is 2.29. The molecule has 0 radical (unpaired) electrons. The van der Waals surface area contributed by atoms with Crippen molar-refractivity contribution in [3.05, 3.63) is 12.2 Å². The molecule has 0 bridgehead atoms. The summed E-state index contributed by atoms with van der Waals surface area (Å²) in [6.45, 7) is 7.25. The largest absolute Gasteiger partial charge is 0.394 e. The zero-order valence-electron chi connectivity index (χ0n) is 15.7. The van der Waals surface area contributed by atoms with Gasteiger partial charge in [-0.3, -0.25) is 4.79 Å². The SMILES string of the molecule is CC(C)NC(=O)N[C@@H]1C=C[C@H](CC(=O)NCCN2CCCC2)O[C@@H]1CO. The minimum Gasteiger partial charge on any atom is -0.394 e. The van der Waals surface area contributed by atoms with E-state index >= 15 is 0 Å². The Morgan fingerprint density at radius 3 is 2.65 bits per heavy atom. The van der Waals surface area contributed by atoms with Gasteiger partial charge < -0.3 is 30.7 Å². The van der Waals surface area contributed by atoms with Gasteiger partial charge in [0.05, 0.1) is 25.2 Å². The van der Waals surface area contributed by atoms with Crippen LogP contribution < -0.4 is 16.0 Å². The van der Waals surface area contributed by atoms with E-state index in [2.05, 4.69) is 20.9 Å². The smallest absolute Gasteiger partial charge is 0.315 e. The van der Waals surface area contributed by atoms with Crippen LogP contribution in [-0.2, 0) is 9.53 Å². The van der Waals surface area contributed by atoms with Gasteiger partial charge in [0, 0.05) is 19.1 Å². The van der Waals surface area contributed by atoms with Crippen molar-refractivity contribution in [2.45, 2.75) is 57.4 Å². The van der Waals surface area contributed by atoms with Crippen LogP contribution in [0, 0.1) is 0 Å². The number of hydrogen-bond acceptors (Lipinski definition) is 5. The molecule has 2 aliphatic heterocycles. The van der Waals surface area contributed by atoms with Crippen molar-refractivity contribution < 1.29 is 19.4 Å². The Bertz CT molecular complexity index is 492. The maximum Gasteiger partial charge on any atom is 0.315 e. The second-order valence-electron chi connectivity index (χ2n) is 7.18. The number of likely N-dealkylation sites (tertiary alicyclic amines) is 1. The van der Waals surface area contributed by atoms with E-state index in [4.69, 9.17) is 4.74 Å². The first-order chi connectivity index (χ1) is 12.5. The van der Waals surface area contributed by atoms with Crippen LogP contribution in [0.1, 0.15) is 33.1 Å². The van der Waals surface area contributed by atoms with Gasteiger partial charge in [-0.25, -0.2) is 4.79 Å². The molecule has 0 aromatic rings. The number of ether oxygens (including phenoxy) is 1. The molecule has 8 heteroatoms. The third kappa shape index (κ3) is 6.93. The number of aliphatic hydroxyl groups is 1. The number of nitrogens with one attached hydrogen (secondary N) is 3. The summed E-state index contributed by atoms with van der Waals surface area (Å²) >= 11 is 0. The molecule has 8 nitrogen and oxygen atoms in total. The monoisotopic (exact) mass is 368 g/mol. The number of rotatable bonds is 8. The highest BCUT2D eigenvalue weighted by molar-refractivity contribution is 5.77. The normalized spacial score (nSPS) is 26.1. The molecule has 0 aromatic carbocycles. The Labute approximate surface area is 155 Å². The molecule has 0 saturated carbocycles. The van der Waals surface area contributed by atoms with Crippen molar-refractivity contribution in [1.29, 1.82) is 0 Å². The van der Waals surface area contributed by atoms with Crippen LogP contribution in [0.2, 0.25) is 0 Å². The van der Waals surface area contributed by atoms with Crippen LogP contribution >= 0.6 is 0 Å². The van der Waals surface area contributed by atoms with E-state index in [1.54, 1.807) is 12.2 Å². The first-order valence-electron chi connectivity index (χ1n) is 9.48. The van der Waals surface area contributed by atoms with Crippen LogP contribution in [0.15, 0.2) is 12.2 Å². The highest BCUT2D eigenvalue weighted by atomic mass is 16.5. The number of urea groups is 1. The van der Waals surface area contributed by atoms with Crippen molar-refractivity contribution >= 4 is 11.9 Å². The number of carbonyl (C=O) groups is 2. The zero-order chi connectivity index (χ0) is 18.9. The summed E-state index contributed by atoms with van der Waals surface area (Å²) in [5.74, 6) is -0.0699. The fourth-order valence-corrected chi connectivity index (χ4v) is 3.21. The summed E-state index contributed by atoms with van der Waals surface area (Å²) in [5.41, 5.74) is 0. The Balaban J connectivity index is 1.73. The number of amides is 3. The number of carbonyl (C=O) groups excluding carboxylic acids is 2. The van der Waals surface area contributed by atoms with Crippen molar-refractivity contribution in [3.8, 4) is 0 Å². The van der Waals surface area contributed by atoms with Gasteiger partial charge in [-0.15, -0.1) is 0 Å². The van der Waals surface area contributed by atoms with E-state index in [1.165, 1.54) is 12.8 Å². The van der Waals surface area contributed by atoms with Gasteiger partial charge in [0.15, 0.2) is 0 Å². The van der Waals surface area contributed by atoms with Gasteiger partial charge in [-0.05, 0) is 39.8 Å². The summed E-state index contributed by atoms with van der Waals surface area (Å²) in [6.07, 6.45) is 5.27. The molecule has 3 amide bonds. The molecule has 3 atom stereocenters. The molecular weight excluding hydrogens is 336 g/mol. The molecular formula is C18H32N4O4. The third-order valence-electron chi connectivity index (χ3n) is 4.52. The van der Waals surface area contributed by atoms with Crippen LogP contribution in [0.3, 0.4) is 0 Å². The standard InChI is InChI=1S/C18H32N4O4/c1-13(2)20-18(25)21-15-6-5-14(26-16(15)12-23)11-17(24)19-7-10-22-8-3-4-9-22/h5-6,13-16,23H,3-4,7-12H2,1-2H3,(H,19,24)(H2,20,21,25)/t14-,15-,16-/m1/s1. The van der Waals surface area contributed by atoms with Gasteiger partial charge >= 0.3 is 6.03 Å². The molecule has 0 unspecified atom stereocenters. The maximum absolute atomic E-state index is 12.1. The van der Waals surface area contributed by atoms with E-state index in [1.807, 2.05) is 13.8 Å². The first kappa shape index (κ1) is 20.7. The van der Waals surface area contributed by atoms with Crippen molar-refractivity contribution in [2.24, 2.45) is 0 Å². The molecule has 2 rings (SSSR count). The summed E-state index contributed by atoms with van der Waals surface area (Å²) in [5, 5.41) is 17.9. The lowest BCUT2D eigenvalue weighted by molar-refractivity contribution is -0.125. The van der Waals surface area contributed by atoms with E-state index in [0.29, 0.717) is 6.54 Å². The van der Waals surface area contributed by atoms with Gasteiger partial charge in [0.1, 0.15) is 6.10 Å². The molecule has 1 fully saturated rings. The second-order valence-corrected chi connectivity index (χ2v) is 7.18. The predicted octanol–water partition coefficient (Wildman–Crippen LogP) is -0.0194. The lowest BCUT2D eigenvalue weighted by atomic mass is 10.0. The first-order valence-corrected chi connectivity index (χ1v) is 9.48. The van der Waals surface area contributed by atoms with Crippen molar-refractivity contribution in [2.75, 3.05) is 32.8 Å². The molecule has 26 heavy (non-hydrogen) atoms.